The maximum Gasteiger partial charge on any atom is 0.133 e. The Hall–Kier alpha value is -0.870. The lowest BCUT2D eigenvalue weighted by Gasteiger charge is -2.00. The summed E-state index contributed by atoms with van der Waals surface area (Å²) in [6, 6.07) is 4.73. The Bertz CT molecular complexity index is 423. The molecule has 1 N–H and O–H groups in total. The summed E-state index contributed by atoms with van der Waals surface area (Å²) in [5.74, 6) is -0.439. The van der Waals surface area contributed by atoms with Gasteiger partial charge in [0, 0.05) is 17.2 Å². The van der Waals surface area contributed by atoms with E-state index in [2.05, 4.69) is 0 Å². The van der Waals surface area contributed by atoms with Crippen molar-refractivity contribution in [2.24, 2.45) is 0 Å². The van der Waals surface area contributed by atoms with Gasteiger partial charge < -0.3 is 4.55 Å². The van der Waals surface area contributed by atoms with E-state index in [0.29, 0.717) is 5.56 Å². The lowest BCUT2D eigenvalue weighted by molar-refractivity contribution is 0.566. The van der Waals surface area contributed by atoms with Gasteiger partial charge in [-0.1, -0.05) is 18.2 Å². The predicted molar refractivity (Wildman–Crippen MR) is 53.0 cm³/mol. The molecule has 1 atom stereocenters. The van der Waals surface area contributed by atoms with Crippen molar-refractivity contribution >= 4 is 15.2 Å². The minimum atomic E-state index is -3.03. The van der Waals surface area contributed by atoms with E-state index in [4.69, 9.17) is 4.55 Å². The van der Waals surface area contributed by atoms with Gasteiger partial charge in [0.1, 0.15) is 5.82 Å². The van der Waals surface area contributed by atoms with Crippen LogP contribution in [-0.2, 0) is 9.80 Å². The molecule has 0 heterocycles. The summed E-state index contributed by atoms with van der Waals surface area (Å²) in [4.78, 5) is 0. The van der Waals surface area contributed by atoms with Crippen LogP contribution in [0.2, 0.25) is 0 Å². The smallest absolute Gasteiger partial charge is 0.133 e. The average Bonchev–Trinajstić information content (AvgIpc) is 1.96. The molecule has 0 saturated carbocycles. The van der Waals surface area contributed by atoms with Crippen molar-refractivity contribution < 1.29 is 13.2 Å². The number of aryl methyl sites for hydroxylation is 1. The summed E-state index contributed by atoms with van der Waals surface area (Å²) in [5, 5.41) is 1.04. The third-order valence-electron chi connectivity index (χ3n) is 1.57. The molecule has 0 aromatic heterocycles. The lowest BCUT2D eigenvalue weighted by Crippen LogP contribution is -2.02. The molecule has 2 nitrogen and oxygen atoms in total. The molecule has 0 spiro atoms. The SMILES string of the molecule is Cc1cccc(C=S(C)(=O)O)c1F. The third kappa shape index (κ3) is 2.82. The molecule has 0 aliphatic rings. The first-order valence-electron chi connectivity index (χ1n) is 3.71. The van der Waals surface area contributed by atoms with Gasteiger partial charge in [-0.3, -0.25) is 0 Å². The van der Waals surface area contributed by atoms with Gasteiger partial charge in [-0.05, 0) is 12.5 Å². The van der Waals surface area contributed by atoms with E-state index in [0.717, 1.165) is 11.6 Å². The Morgan fingerprint density at radius 3 is 2.69 bits per heavy atom. The van der Waals surface area contributed by atoms with Crippen LogP contribution in [0.15, 0.2) is 18.2 Å². The highest BCUT2D eigenvalue weighted by atomic mass is 32.2. The van der Waals surface area contributed by atoms with Crippen molar-refractivity contribution in [2.45, 2.75) is 6.92 Å². The monoisotopic (exact) mass is 202 g/mol. The summed E-state index contributed by atoms with van der Waals surface area (Å²) in [7, 11) is -3.03. The first-order chi connectivity index (χ1) is 5.90. The summed E-state index contributed by atoms with van der Waals surface area (Å²) in [5.41, 5.74) is 0.646. The zero-order valence-electron chi connectivity index (χ0n) is 7.45. The zero-order valence-corrected chi connectivity index (χ0v) is 8.27. The van der Waals surface area contributed by atoms with Gasteiger partial charge in [0.15, 0.2) is 0 Å². The van der Waals surface area contributed by atoms with Crippen molar-refractivity contribution in [2.75, 3.05) is 6.26 Å². The lowest BCUT2D eigenvalue weighted by atomic mass is 10.1. The molecule has 1 unspecified atom stereocenters. The number of hydrogen-bond acceptors (Lipinski definition) is 1. The topological polar surface area (TPSA) is 37.3 Å². The number of rotatable bonds is 1. The van der Waals surface area contributed by atoms with E-state index in [9.17, 15) is 8.60 Å². The fraction of sp³-hybridized carbons (Fsp3) is 0.222. The Labute approximate surface area is 77.2 Å². The molecule has 4 heteroatoms. The molecule has 1 aromatic rings. The van der Waals surface area contributed by atoms with Crippen molar-refractivity contribution in [1.29, 1.82) is 0 Å². The van der Waals surface area contributed by atoms with Crippen LogP contribution in [0.5, 0.6) is 0 Å². The maximum absolute atomic E-state index is 13.3. The zero-order chi connectivity index (χ0) is 10.1. The summed E-state index contributed by atoms with van der Waals surface area (Å²) >= 11 is 0. The van der Waals surface area contributed by atoms with E-state index in [1.165, 1.54) is 6.07 Å². The first kappa shape index (κ1) is 10.2. The van der Waals surface area contributed by atoms with Crippen LogP contribution in [-0.4, -0.2) is 20.4 Å². The molecule has 0 aliphatic carbocycles. The third-order valence-corrected chi connectivity index (χ3v) is 2.26. The molecule has 0 amide bonds. The van der Waals surface area contributed by atoms with Gasteiger partial charge in [-0.15, -0.1) is 0 Å². The van der Waals surface area contributed by atoms with Crippen LogP contribution in [0.25, 0.3) is 0 Å². The molecule has 0 radical (unpaired) electrons. The van der Waals surface area contributed by atoms with Crippen LogP contribution >= 0.6 is 0 Å². The van der Waals surface area contributed by atoms with Crippen molar-refractivity contribution in [3.8, 4) is 0 Å². The van der Waals surface area contributed by atoms with Gasteiger partial charge in [-0.2, -0.15) is 0 Å². The largest absolute Gasteiger partial charge is 0.314 e. The Balaban J connectivity index is 3.34. The highest BCUT2D eigenvalue weighted by molar-refractivity contribution is 7.95. The van der Waals surface area contributed by atoms with Crippen LogP contribution in [0, 0.1) is 12.7 Å². The van der Waals surface area contributed by atoms with Crippen LogP contribution in [0.3, 0.4) is 0 Å². The minimum absolute atomic E-state index is 0.176. The number of halogens is 1. The second-order valence-corrected chi connectivity index (χ2v) is 4.92. The second kappa shape index (κ2) is 3.47. The van der Waals surface area contributed by atoms with Gasteiger partial charge in [0.25, 0.3) is 0 Å². The molecule has 1 rings (SSSR count). The van der Waals surface area contributed by atoms with Crippen LogP contribution in [0.4, 0.5) is 4.39 Å². The van der Waals surface area contributed by atoms with Gasteiger partial charge in [0.05, 0.1) is 9.80 Å². The van der Waals surface area contributed by atoms with E-state index in [-0.39, 0.29) is 5.56 Å². The maximum atomic E-state index is 13.3. The van der Waals surface area contributed by atoms with Crippen molar-refractivity contribution in [3.63, 3.8) is 0 Å². The molecular weight excluding hydrogens is 191 g/mol. The Kier molecular flexibility index (Phi) is 2.73. The molecule has 0 bridgehead atoms. The highest BCUT2D eigenvalue weighted by Gasteiger charge is 2.03. The molecule has 72 valence electrons. The van der Waals surface area contributed by atoms with E-state index in [1.807, 2.05) is 0 Å². The van der Waals surface area contributed by atoms with Crippen molar-refractivity contribution in [1.82, 2.24) is 0 Å². The Morgan fingerprint density at radius 1 is 1.54 bits per heavy atom. The number of hydrogen-bond donors (Lipinski definition) is 1. The Morgan fingerprint density at radius 2 is 2.15 bits per heavy atom. The number of benzene rings is 1. The molecule has 1 aromatic carbocycles. The molecule has 13 heavy (non-hydrogen) atoms. The van der Waals surface area contributed by atoms with E-state index < -0.39 is 15.6 Å². The molecule has 0 saturated heterocycles. The summed E-state index contributed by atoms with van der Waals surface area (Å²) in [6.07, 6.45) is 1.15. The predicted octanol–water partition coefficient (Wildman–Crippen LogP) is 1.67. The fourth-order valence-corrected chi connectivity index (χ4v) is 1.65. The highest BCUT2D eigenvalue weighted by Crippen LogP contribution is 2.09. The fourth-order valence-electron chi connectivity index (χ4n) is 0.997. The van der Waals surface area contributed by atoms with Gasteiger partial charge in [0.2, 0.25) is 0 Å². The molecule has 0 aliphatic heterocycles. The normalized spacial score (nSPS) is 15.1. The molecular formula is C9H11FO2S. The quantitative estimate of drug-likeness (QED) is 0.703. The van der Waals surface area contributed by atoms with Crippen LogP contribution < -0.4 is 0 Å². The van der Waals surface area contributed by atoms with Gasteiger partial charge >= 0.3 is 0 Å². The van der Waals surface area contributed by atoms with E-state index in [1.54, 1.807) is 19.1 Å². The minimum Gasteiger partial charge on any atom is -0.314 e. The van der Waals surface area contributed by atoms with E-state index >= 15 is 0 Å². The van der Waals surface area contributed by atoms with Crippen molar-refractivity contribution in [3.05, 3.63) is 35.1 Å². The summed E-state index contributed by atoms with van der Waals surface area (Å²) < 4.78 is 33.2. The van der Waals surface area contributed by atoms with Crippen LogP contribution in [0.1, 0.15) is 11.1 Å². The second-order valence-electron chi connectivity index (χ2n) is 2.96. The first-order valence-corrected chi connectivity index (χ1v) is 5.70. The standard InChI is InChI=1S/C9H11FO2S/c1-7-4-3-5-8(9(7)10)6-13(2,11)12/h3-6H,1-2H3,(H,11,12). The average molecular weight is 202 g/mol. The van der Waals surface area contributed by atoms with Gasteiger partial charge in [-0.25, -0.2) is 8.60 Å². The summed E-state index contributed by atoms with van der Waals surface area (Å²) in [6.45, 7) is 1.61. The molecule has 0 fully saturated rings.